The molecule has 0 aliphatic carbocycles. The van der Waals surface area contributed by atoms with Crippen molar-refractivity contribution in [1.29, 1.82) is 5.26 Å². The number of hydrogen-bond donors (Lipinski definition) is 0. The van der Waals surface area contributed by atoms with Crippen LogP contribution in [-0.4, -0.2) is 11.1 Å². The Morgan fingerprint density at radius 1 is 1.50 bits per heavy atom. The second kappa shape index (κ2) is 4.29. The smallest absolute Gasteiger partial charge is 0.177 e. The van der Waals surface area contributed by atoms with Crippen LogP contribution >= 0.6 is 15.9 Å². The zero-order valence-electron chi connectivity index (χ0n) is 6.85. The zero-order valence-corrected chi connectivity index (χ0v) is 8.44. The predicted octanol–water partition coefficient (Wildman–Crippen LogP) is 2.41. The summed E-state index contributed by atoms with van der Waals surface area (Å²) in [5, 5.41) is 8.45. The number of carbonyl (C=O) groups is 1. The van der Waals surface area contributed by atoms with E-state index in [9.17, 15) is 13.6 Å². The zero-order chi connectivity index (χ0) is 10.7. The summed E-state index contributed by atoms with van der Waals surface area (Å²) in [6.07, 6.45) is 0. The molecule has 2 nitrogen and oxygen atoms in total. The van der Waals surface area contributed by atoms with E-state index in [1.54, 1.807) is 6.07 Å². The molecule has 0 aromatic heterocycles. The highest BCUT2D eigenvalue weighted by molar-refractivity contribution is 9.09. The van der Waals surface area contributed by atoms with E-state index in [0.29, 0.717) is 6.07 Å². The summed E-state index contributed by atoms with van der Waals surface area (Å²) in [6.45, 7) is 0. The highest BCUT2D eigenvalue weighted by Gasteiger charge is 2.17. The number of halogens is 3. The van der Waals surface area contributed by atoms with Crippen LogP contribution in [0.25, 0.3) is 0 Å². The van der Waals surface area contributed by atoms with Gasteiger partial charge >= 0.3 is 0 Å². The molecule has 1 aromatic rings. The molecule has 0 bridgehead atoms. The van der Waals surface area contributed by atoms with E-state index >= 15 is 0 Å². The molecule has 5 heteroatoms. The lowest BCUT2D eigenvalue weighted by molar-refractivity contribution is 0.101. The number of hydrogen-bond acceptors (Lipinski definition) is 2. The Hall–Kier alpha value is -1.28. The van der Waals surface area contributed by atoms with Gasteiger partial charge in [-0.05, 0) is 6.07 Å². The molecule has 1 aromatic carbocycles. The molecule has 0 atom stereocenters. The van der Waals surface area contributed by atoms with Crippen molar-refractivity contribution >= 4 is 21.7 Å². The van der Waals surface area contributed by atoms with E-state index in [4.69, 9.17) is 5.26 Å². The largest absolute Gasteiger partial charge is 0.293 e. The Morgan fingerprint density at radius 3 is 2.64 bits per heavy atom. The molecule has 0 spiro atoms. The maximum absolute atomic E-state index is 13.1. The minimum absolute atomic E-state index is 0.107. The first-order valence-electron chi connectivity index (χ1n) is 3.58. The normalized spacial score (nSPS) is 9.57. The van der Waals surface area contributed by atoms with Gasteiger partial charge in [-0.2, -0.15) is 5.26 Å². The lowest BCUT2D eigenvalue weighted by Gasteiger charge is -2.02. The van der Waals surface area contributed by atoms with Gasteiger partial charge in [-0.25, -0.2) is 8.78 Å². The Kier molecular flexibility index (Phi) is 3.31. The molecule has 0 fully saturated rings. The molecule has 0 N–H and O–H groups in total. The molecular formula is C9H4BrF2NO. The molecular weight excluding hydrogens is 256 g/mol. The van der Waals surface area contributed by atoms with Crippen LogP contribution in [0.15, 0.2) is 12.1 Å². The average molecular weight is 260 g/mol. The monoisotopic (exact) mass is 259 g/mol. The number of alkyl halides is 1. The summed E-state index contributed by atoms with van der Waals surface area (Å²) < 4.78 is 25.8. The van der Waals surface area contributed by atoms with Crippen molar-refractivity contribution in [1.82, 2.24) is 0 Å². The van der Waals surface area contributed by atoms with Gasteiger partial charge in [-0.15, -0.1) is 0 Å². The lowest BCUT2D eigenvalue weighted by atomic mass is 10.0. The van der Waals surface area contributed by atoms with E-state index in [2.05, 4.69) is 15.9 Å². The molecule has 72 valence electrons. The average Bonchev–Trinajstić information content (AvgIpc) is 2.15. The molecule has 0 heterocycles. The van der Waals surface area contributed by atoms with Crippen molar-refractivity contribution in [3.8, 4) is 6.07 Å². The van der Waals surface area contributed by atoms with Crippen molar-refractivity contribution in [2.75, 3.05) is 5.33 Å². The predicted molar refractivity (Wildman–Crippen MR) is 49.2 cm³/mol. The maximum atomic E-state index is 13.1. The summed E-state index contributed by atoms with van der Waals surface area (Å²) in [5.74, 6) is -2.46. The highest BCUT2D eigenvalue weighted by Crippen LogP contribution is 2.16. The van der Waals surface area contributed by atoms with Gasteiger partial charge in [0.25, 0.3) is 0 Å². The number of Topliss-reactive ketones (excluding diaryl/α,β-unsaturated/α-hetero) is 1. The molecule has 0 saturated heterocycles. The Bertz CT molecular complexity index is 426. The van der Waals surface area contributed by atoms with Crippen LogP contribution in [0.1, 0.15) is 15.9 Å². The van der Waals surface area contributed by atoms with Crippen LogP contribution in [-0.2, 0) is 0 Å². The second-order valence-electron chi connectivity index (χ2n) is 2.48. The van der Waals surface area contributed by atoms with Gasteiger partial charge in [0, 0.05) is 6.07 Å². The van der Waals surface area contributed by atoms with Crippen molar-refractivity contribution < 1.29 is 13.6 Å². The van der Waals surface area contributed by atoms with Crippen LogP contribution < -0.4 is 0 Å². The molecule has 0 saturated carbocycles. The number of nitrogens with zero attached hydrogens (tertiary/aromatic N) is 1. The fraction of sp³-hybridized carbons (Fsp3) is 0.111. The third-order valence-corrected chi connectivity index (χ3v) is 2.08. The Balaban J connectivity index is 3.42. The third-order valence-electron chi connectivity index (χ3n) is 1.58. The summed E-state index contributed by atoms with van der Waals surface area (Å²) in [6, 6.07) is 2.98. The minimum atomic E-state index is -1.01. The SMILES string of the molecule is N#Cc1cc(F)cc(F)c1C(=O)CBr. The first kappa shape index (κ1) is 10.8. The molecule has 0 aliphatic rings. The van der Waals surface area contributed by atoms with Gasteiger partial charge in [0.05, 0.1) is 16.5 Å². The minimum Gasteiger partial charge on any atom is -0.293 e. The first-order valence-corrected chi connectivity index (χ1v) is 4.70. The quantitative estimate of drug-likeness (QED) is 0.605. The van der Waals surface area contributed by atoms with E-state index in [1.165, 1.54) is 0 Å². The molecule has 0 radical (unpaired) electrons. The number of benzene rings is 1. The molecule has 0 unspecified atom stereocenters. The van der Waals surface area contributed by atoms with Crippen LogP contribution in [0.4, 0.5) is 8.78 Å². The second-order valence-corrected chi connectivity index (χ2v) is 3.04. The third kappa shape index (κ3) is 1.96. The number of ketones is 1. The van der Waals surface area contributed by atoms with Gasteiger partial charge in [0.2, 0.25) is 0 Å². The van der Waals surface area contributed by atoms with E-state index in [-0.39, 0.29) is 16.5 Å². The van der Waals surface area contributed by atoms with E-state index < -0.39 is 17.4 Å². The van der Waals surface area contributed by atoms with Crippen LogP contribution in [0, 0.1) is 23.0 Å². The van der Waals surface area contributed by atoms with Gasteiger partial charge in [0.1, 0.15) is 17.7 Å². The standard InChI is InChI=1S/C9H4BrF2NO/c10-3-8(14)9-5(4-13)1-6(11)2-7(9)12/h1-2H,3H2. The Morgan fingerprint density at radius 2 is 2.14 bits per heavy atom. The number of rotatable bonds is 2. The molecule has 1 rings (SSSR count). The summed E-state index contributed by atoms with van der Waals surface area (Å²) in [5.41, 5.74) is -0.655. The topological polar surface area (TPSA) is 40.9 Å². The van der Waals surface area contributed by atoms with Crippen LogP contribution in [0.2, 0.25) is 0 Å². The molecule has 14 heavy (non-hydrogen) atoms. The van der Waals surface area contributed by atoms with Gasteiger partial charge < -0.3 is 0 Å². The van der Waals surface area contributed by atoms with Crippen LogP contribution in [0.5, 0.6) is 0 Å². The van der Waals surface area contributed by atoms with Gasteiger partial charge in [-0.1, -0.05) is 15.9 Å². The van der Waals surface area contributed by atoms with E-state index in [1.807, 2.05) is 0 Å². The van der Waals surface area contributed by atoms with E-state index in [0.717, 1.165) is 6.07 Å². The van der Waals surface area contributed by atoms with Gasteiger partial charge in [0.15, 0.2) is 5.78 Å². The molecule has 0 amide bonds. The first-order chi connectivity index (χ1) is 6.60. The van der Waals surface area contributed by atoms with Crippen molar-refractivity contribution in [2.24, 2.45) is 0 Å². The molecule has 0 aliphatic heterocycles. The van der Waals surface area contributed by atoms with Crippen LogP contribution in [0.3, 0.4) is 0 Å². The number of carbonyl (C=O) groups excluding carboxylic acids is 1. The highest BCUT2D eigenvalue weighted by atomic mass is 79.9. The maximum Gasteiger partial charge on any atom is 0.177 e. The fourth-order valence-electron chi connectivity index (χ4n) is 1.01. The summed E-state index contributed by atoms with van der Waals surface area (Å²) >= 11 is 2.85. The fourth-order valence-corrected chi connectivity index (χ4v) is 1.29. The van der Waals surface area contributed by atoms with Crippen molar-refractivity contribution in [3.63, 3.8) is 0 Å². The lowest BCUT2D eigenvalue weighted by Crippen LogP contribution is -2.07. The summed E-state index contributed by atoms with van der Waals surface area (Å²) in [7, 11) is 0. The summed E-state index contributed by atoms with van der Waals surface area (Å²) in [4.78, 5) is 11.2. The van der Waals surface area contributed by atoms with Crippen molar-refractivity contribution in [3.05, 3.63) is 34.9 Å². The Labute approximate surface area is 87.3 Å². The number of nitriles is 1. The van der Waals surface area contributed by atoms with Crippen molar-refractivity contribution in [2.45, 2.75) is 0 Å². The van der Waals surface area contributed by atoms with Gasteiger partial charge in [-0.3, -0.25) is 4.79 Å².